The molecule has 0 spiro atoms. The fourth-order valence-electron chi connectivity index (χ4n) is 4.50. The Kier molecular flexibility index (Phi) is 4.47. The molecule has 3 aromatic carbocycles. The van der Waals surface area contributed by atoms with Crippen molar-refractivity contribution in [2.24, 2.45) is 0 Å². The van der Waals surface area contributed by atoms with Crippen molar-refractivity contribution >= 4 is 23.6 Å². The van der Waals surface area contributed by atoms with Crippen LogP contribution in [0.25, 0.3) is 17.2 Å². The van der Waals surface area contributed by atoms with Crippen molar-refractivity contribution in [2.45, 2.75) is 25.8 Å². The first-order valence-corrected chi connectivity index (χ1v) is 10.2. The average Bonchev–Trinajstić information content (AvgIpc) is 3.12. The van der Waals surface area contributed by atoms with Crippen LogP contribution in [0.5, 0.6) is 0 Å². The molecule has 0 bridgehead atoms. The van der Waals surface area contributed by atoms with Gasteiger partial charge in [0.15, 0.2) is 0 Å². The van der Waals surface area contributed by atoms with Gasteiger partial charge in [-0.2, -0.15) is 0 Å². The van der Waals surface area contributed by atoms with Crippen molar-refractivity contribution in [3.05, 3.63) is 95.2 Å². The lowest BCUT2D eigenvalue weighted by Gasteiger charge is -2.32. The highest BCUT2D eigenvalue weighted by molar-refractivity contribution is 5.93. The molecule has 3 aromatic rings. The van der Waals surface area contributed by atoms with E-state index in [1.165, 1.54) is 29.2 Å². The van der Waals surface area contributed by atoms with Crippen LogP contribution in [-0.4, -0.2) is 16.7 Å². The van der Waals surface area contributed by atoms with Crippen LogP contribution in [0, 0.1) is 0 Å². The first kappa shape index (κ1) is 18.4. The Morgan fingerprint density at radius 1 is 0.967 bits per heavy atom. The lowest BCUT2D eigenvalue weighted by Crippen LogP contribution is -2.33. The van der Waals surface area contributed by atoms with Gasteiger partial charge in [0.05, 0.1) is 12.5 Å². The van der Waals surface area contributed by atoms with Crippen LogP contribution < -0.4 is 5.32 Å². The Hall–Kier alpha value is -3.66. The number of rotatable bonds is 3. The number of amides is 2. The Morgan fingerprint density at radius 2 is 1.73 bits per heavy atom. The zero-order valence-corrected chi connectivity index (χ0v) is 16.8. The molecule has 0 saturated carbocycles. The molecule has 1 heterocycles. The molecule has 0 fully saturated rings. The molecule has 0 unspecified atom stereocenters. The molecule has 0 aromatic heterocycles. The van der Waals surface area contributed by atoms with Crippen LogP contribution in [0.3, 0.4) is 0 Å². The summed E-state index contributed by atoms with van der Waals surface area (Å²) < 4.78 is 0. The number of nitrogens with zero attached hydrogens (tertiary/aromatic N) is 1. The molecule has 1 aliphatic carbocycles. The highest BCUT2D eigenvalue weighted by Crippen LogP contribution is 2.38. The van der Waals surface area contributed by atoms with Crippen molar-refractivity contribution in [3.63, 3.8) is 0 Å². The molecule has 0 saturated heterocycles. The Labute approximate surface area is 175 Å². The fourth-order valence-corrected chi connectivity index (χ4v) is 4.50. The smallest absolute Gasteiger partial charge is 0.226 e. The van der Waals surface area contributed by atoms with E-state index in [1.807, 2.05) is 42.5 Å². The molecule has 148 valence electrons. The van der Waals surface area contributed by atoms with E-state index in [4.69, 9.17) is 0 Å². The summed E-state index contributed by atoms with van der Waals surface area (Å²) in [6.45, 7) is 1.53. The minimum atomic E-state index is -0.307. The van der Waals surface area contributed by atoms with E-state index >= 15 is 0 Å². The molecule has 0 radical (unpaired) electrons. The number of anilines is 1. The molecule has 4 heteroatoms. The Bertz CT molecular complexity index is 1200. The van der Waals surface area contributed by atoms with E-state index in [1.54, 1.807) is 11.1 Å². The van der Waals surface area contributed by atoms with Crippen LogP contribution in [0.1, 0.15) is 41.6 Å². The molecule has 5 rings (SSSR count). The quantitative estimate of drug-likeness (QED) is 0.522. The highest BCUT2D eigenvalue weighted by Gasteiger charge is 2.28. The van der Waals surface area contributed by atoms with Gasteiger partial charge >= 0.3 is 0 Å². The largest absolute Gasteiger partial charge is 0.326 e. The van der Waals surface area contributed by atoms with Gasteiger partial charge in [-0.05, 0) is 58.0 Å². The molecule has 30 heavy (non-hydrogen) atoms. The number of carbonyl (C=O) groups excluding carboxylic acids is 2. The van der Waals surface area contributed by atoms with Gasteiger partial charge in [0.25, 0.3) is 0 Å². The summed E-state index contributed by atoms with van der Waals surface area (Å²) in [7, 11) is 0. The zero-order chi connectivity index (χ0) is 20.7. The summed E-state index contributed by atoms with van der Waals surface area (Å²) in [4.78, 5) is 26.7. The molecule has 1 atom stereocenters. The van der Waals surface area contributed by atoms with Crippen LogP contribution in [0.15, 0.2) is 72.9 Å². The lowest BCUT2D eigenvalue weighted by molar-refractivity contribution is -0.129. The van der Waals surface area contributed by atoms with Gasteiger partial charge in [0.2, 0.25) is 11.8 Å². The van der Waals surface area contributed by atoms with E-state index in [0.29, 0.717) is 0 Å². The second-order valence-corrected chi connectivity index (χ2v) is 7.84. The SMILES string of the molecule is CC(=O)N1C=Cc2ccccc2[C@H]1CC(=O)Nc1ccc2c(c1)-c1ccccc1C2. The van der Waals surface area contributed by atoms with Gasteiger partial charge in [-0.15, -0.1) is 0 Å². The predicted octanol–water partition coefficient (Wildman–Crippen LogP) is 5.16. The number of hydrogen-bond donors (Lipinski definition) is 1. The molecule has 4 nitrogen and oxygen atoms in total. The molecule has 2 aliphatic rings. The summed E-state index contributed by atoms with van der Waals surface area (Å²) in [6.07, 6.45) is 4.82. The Balaban J connectivity index is 1.38. The van der Waals surface area contributed by atoms with Crippen molar-refractivity contribution in [2.75, 3.05) is 5.32 Å². The van der Waals surface area contributed by atoms with E-state index in [9.17, 15) is 9.59 Å². The minimum Gasteiger partial charge on any atom is -0.326 e. The van der Waals surface area contributed by atoms with Gasteiger partial charge in [-0.1, -0.05) is 54.6 Å². The molecule has 1 aliphatic heterocycles. The average molecular weight is 394 g/mol. The lowest BCUT2D eigenvalue weighted by atomic mass is 9.93. The maximum Gasteiger partial charge on any atom is 0.226 e. The number of nitrogens with one attached hydrogen (secondary N) is 1. The maximum atomic E-state index is 12.9. The topological polar surface area (TPSA) is 49.4 Å². The van der Waals surface area contributed by atoms with Gasteiger partial charge in [-0.25, -0.2) is 0 Å². The normalized spacial score (nSPS) is 15.9. The van der Waals surface area contributed by atoms with Crippen LogP contribution in [0.2, 0.25) is 0 Å². The third-order valence-corrected chi connectivity index (χ3v) is 5.93. The molecular formula is C26H22N2O2. The second-order valence-electron chi connectivity index (χ2n) is 7.84. The van der Waals surface area contributed by atoms with Crippen molar-refractivity contribution < 1.29 is 9.59 Å². The van der Waals surface area contributed by atoms with Crippen molar-refractivity contribution in [1.29, 1.82) is 0 Å². The van der Waals surface area contributed by atoms with Crippen LogP contribution >= 0.6 is 0 Å². The first-order chi connectivity index (χ1) is 14.6. The summed E-state index contributed by atoms with van der Waals surface area (Å²) in [6, 6.07) is 22.1. The summed E-state index contributed by atoms with van der Waals surface area (Å²) in [5.74, 6) is -0.185. The Morgan fingerprint density at radius 3 is 2.60 bits per heavy atom. The molecular weight excluding hydrogens is 372 g/mol. The number of benzene rings is 3. The summed E-state index contributed by atoms with van der Waals surface area (Å²) in [5.41, 5.74) is 7.83. The first-order valence-electron chi connectivity index (χ1n) is 10.2. The highest BCUT2D eigenvalue weighted by atomic mass is 16.2. The molecule has 2 amide bonds. The third kappa shape index (κ3) is 3.20. The van der Waals surface area contributed by atoms with E-state index in [0.717, 1.165) is 23.2 Å². The van der Waals surface area contributed by atoms with Crippen LogP contribution in [-0.2, 0) is 16.0 Å². The van der Waals surface area contributed by atoms with E-state index in [-0.39, 0.29) is 24.3 Å². The second kappa shape index (κ2) is 7.30. The van der Waals surface area contributed by atoms with Gasteiger partial charge in [0, 0.05) is 18.8 Å². The van der Waals surface area contributed by atoms with Gasteiger partial charge in [0.1, 0.15) is 0 Å². The third-order valence-electron chi connectivity index (χ3n) is 5.93. The monoisotopic (exact) mass is 394 g/mol. The van der Waals surface area contributed by atoms with Gasteiger partial charge in [-0.3, -0.25) is 9.59 Å². The van der Waals surface area contributed by atoms with Gasteiger partial charge < -0.3 is 10.2 Å². The molecule has 1 N–H and O–H groups in total. The maximum absolute atomic E-state index is 12.9. The van der Waals surface area contributed by atoms with E-state index < -0.39 is 0 Å². The fraction of sp³-hybridized carbons (Fsp3) is 0.154. The van der Waals surface area contributed by atoms with Crippen molar-refractivity contribution in [3.8, 4) is 11.1 Å². The summed E-state index contributed by atoms with van der Waals surface area (Å²) in [5, 5.41) is 3.04. The zero-order valence-electron chi connectivity index (χ0n) is 16.8. The van der Waals surface area contributed by atoms with Crippen molar-refractivity contribution in [1.82, 2.24) is 4.90 Å². The standard InChI is InChI=1S/C26H22N2O2/c1-17(29)28-13-12-18-6-2-5-9-23(18)25(28)16-26(30)27-21-11-10-20-14-19-7-3-4-8-22(19)24(20)15-21/h2-13,15,25H,14,16H2,1H3,(H,27,30)/t25-/m1/s1. The van der Waals surface area contributed by atoms with Crippen LogP contribution in [0.4, 0.5) is 5.69 Å². The number of fused-ring (bicyclic) bond motifs is 4. The number of carbonyl (C=O) groups is 2. The minimum absolute atomic E-state index is 0.0762. The number of hydrogen-bond acceptors (Lipinski definition) is 2. The summed E-state index contributed by atoms with van der Waals surface area (Å²) >= 11 is 0. The predicted molar refractivity (Wildman–Crippen MR) is 119 cm³/mol. The van der Waals surface area contributed by atoms with E-state index in [2.05, 4.69) is 35.6 Å².